The number of aromatic nitrogens is 3. The Hall–Kier alpha value is -3.01. The fourth-order valence-electron chi connectivity index (χ4n) is 3.02. The van der Waals surface area contributed by atoms with Crippen molar-refractivity contribution in [1.29, 1.82) is 0 Å². The number of hydrogen-bond acceptors (Lipinski definition) is 7. The molecule has 1 aromatic carbocycles. The Labute approximate surface area is 185 Å². The van der Waals surface area contributed by atoms with Gasteiger partial charge in [-0.05, 0) is 38.5 Å². The summed E-state index contributed by atoms with van der Waals surface area (Å²) in [4.78, 5) is 14.9. The molecular formula is C21H24ClN5O4. The Bertz CT molecular complexity index is 1040. The molecule has 0 radical (unpaired) electrons. The van der Waals surface area contributed by atoms with E-state index in [1.807, 2.05) is 32.0 Å². The molecule has 9 nitrogen and oxygen atoms in total. The minimum atomic E-state index is -0.494. The van der Waals surface area contributed by atoms with Crippen LogP contribution in [0.25, 0.3) is 11.3 Å². The van der Waals surface area contributed by atoms with Crippen molar-refractivity contribution in [2.24, 2.45) is 0 Å². The monoisotopic (exact) mass is 445 g/mol. The van der Waals surface area contributed by atoms with E-state index in [2.05, 4.69) is 15.4 Å². The molecule has 2 heterocycles. The Balaban J connectivity index is 2.02. The molecule has 0 amide bonds. The molecule has 0 aliphatic carbocycles. The molecule has 1 N–H and O–H groups in total. The second-order valence-electron chi connectivity index (χ2n) is 6.66. The van der Waals surface area contributed by atoms with Crippen LogP contribution in [0.1, 0.15) is 19.4 Å². The van der Waals surface area contributed by atoms with Crippen molar-refractivity contribution in [2.75, 3.05) is 18.5 Å². The highest BCUT2D eigenvalue weighted by atomic mass is 35.5. The van der Waals surface area contributed by atoms with Gasteiger partial charge in [0.05, 0.1) is 27.9 Å². The average molecular weight is 446 g/mol. The van der Waals surface area contributed by atoms with Crippen LogP contribution in [0.15, 0.2) is 42.7 Å². The molecule has 0 aliphatic heterocycles. The lowest BCUT2D eigenvalue weighted by Gasteiger charge is -2.19. The predicted octanol–water partition coefficient (Wildman–Crippen LogP) is 4.96. The first-order valence-corrected chi connectivity index (χ1v) is 10.2. The van der Waals surface area contributed by atoms with E-state index < -0.39 is 11.2 Å². The lowest BCUT2D eigenvalue weighted by atomic mass is 10.1. The second kappa shape index (κ2) is 10.3. The van der Waals surface area contributed by atoms with Crippen LogP contribution in [0.5, 0.6) is 0 Å². The van der Waals surface area contributed by atoms with E-state index in [0.29, 0.717) is 47.5 Å². The maximum absolute atomic E-state index is 11.3. The van der Waals surface area contributed by atoms with E-state index >= 15 is 0 Å². The van der Waals surface area contributed by atoms with Crippen molar-refractivity contribution in [1.82, 2.24) is 14.8 Å². The van der Waals surface area contributed by atoms with Gasteiger partial charge in [-0.25, -0.2) is 4.68 Å². The van der Waals surface area contributed by atoms with Crippen LogP contribution in [-0.2, 0) is 16.0 Å². The van der Waals surface area contributed by atoms with Gasteiger partial charge < -0.3 is 14.8 Å². The molecule has 31 heavy (non-hydrogen) atoms. The van der Waals surface area contributed by atoms with Crippen molar-refractivity contribution < 1.29 is 14.4 Å². The summed E-state index contributed by atoms with van der Waals surface area (Å²) >= 11 is 6.22. The molecule has 0 saturated heterocycles. The second-order valence-corrected chi connectivity index (χ2v) is 7.07. The van der Waals surface area contributed by atoms with Gasteiger partial charge in [0.2, 0.25) is 0 Å². The van der Waals surface area contributed by atoms with Crippen LogP contribution >= 0.6 is 11.6 Å². The first-order valence-electron chi connectivity index (χ1n) is 9.85. The largest absolute Gasteiger partial charge is 0.351 e. The van der Waals surface area contributed by atoms with Crippen LogP contribution in [-0.4, -0.2) is 39.2 Å². The molecule has 2 aromatic heterocycles. The molecule has 0 spiro atoms. The first kappa shape index (κ1) is 22.7. The van der Waals surface area contributed by atoms with Gasteiger partial charge in [0, 0.05) is 49.4 Å². The van der Waals surface area contributed by atoms with Crippen LogP contribution in [0.4, 0.5) is 17.2 Å². The number of nitro benzene ring substituents is 1. The van der Waals surface area contributed by atoms with E-state index in [9.17, 15) is 10.1 Å². The number of rotatable bonds is 10. The van der Waals surface area contributed by atoms with Gasteiger partial charge in [-0.3, -0.25) is 15.1 Å². The molecule has 3 rings (SSSR count). The minimum Gasteiger partial charge on any atom is -0.351 e. The van der Waals surface area contributed by atoms with Gasteiger partial charge in [0.1, 0.15) is 5.82 Å². The Morgan fingerprint density at radius 1 is 1.26 bits per heavy atom. The molecule has 164 valence electrons. The molecular weight excluding hydrogens is 422 g/mol. The van der Waals surface area contributed by atoms with Gasteiger partial charge in [-0.2, -0.15) is 5.10 Å². The number of halogens is 1. The summed E-state index contributed by atoms with van der Waals surface area (Å²) < 4.78 is 13.0. The lowest BCUT2D eigenvalue weighted by molar-refractivity contribution is -0.384. The van der Waals surface area contributed by atoms with Crippen LogP contribution in [0.2, 0.25) is 5.02 Å². The number of hydrogen-bond donors (Lipinski definition) is 1. The summed E-state index contributed by atoms with van der Waals surface area (Å²) in [6.07, 6.45) is 2.91. The van der Waals surface area contributed by atoms with E-state index in [1.165, 1.54) is 12.1 Å². The summed E-state index contributed by atoms with van der Waals surface area (Å²) in [6, 6.07) is 8.36. The van der Waals surface area contributed by atoms with Gasteiger partial charge >= 0.3 is 0 Å². The standard InChI is InChI=1S/C21H24ClN5O4/c1-4-30-21(31-5-2)13-26-20(11-19(25-26)15-7-6-8-23-12-15)24-18-10-16(27(28)29)9-17(22)14(18)3/h6-12,21,24H,4-5,13H2,1-3H3. The van der Waals surface area contributed by atoms with Crippen molar-refractivity contribution in [3.8, 4) is 11.3 Å². The Morgan fingerprint density at radius 2 is 2.00 bits per heavy atom. The molecule has 3 aromatic rings. The summed E-state index contributed by atoms with van der Waals surface area (Å²) in [6.45, 7) is 6.88. The van der Waals surface area contributed by atoms with Gasteiger partial charge in [-0.1, -0.05) is 11.6 Å². The fraction of sp³-hybridized carbons (Fsp3) is 0.333. The zero-order chi connectivity index (χ0) is 22.4. The van der Waals surface area contributed by atoms with Crippen molar-refractivity contribution in [3.63, 3.8) is 0 Å². The van der Waals surface area contributed by atoms with E-state index in [1.54, 1.807) is 24.0 Å². The van der Waals surface area contributed by atoms with Gasteiger partial charge in [0.25, 0.3) is 5.69 Å². The van der Waals surface area contributed by atoms with Gasteiger partial charge in [-0.15, -0.1) is 0 Å². The lowest BCUT2D eigenvalue weighted by Crippen LogP contribution is -2.25. The van der Waals surface area contributed by atoms with Crippen molar-refractivity contribution in [2.45, 2.75) is 33.6 Å². The van der Waals surface area contributed by atoms with Gasteiger partial charge in [0.15, 0.2) is 6.29 Å². The zero-order valence-electron chi connectivity index (χ0n) is 17.5. The number of nitrogens with one attached hydrogen (secondary N) is 1. The summed E-state index contributed by atoms with van der Waals surface area (Å²) in [5, 5.41) is 19.5. The number of benzene rings is 1. The molecule has 0 fully saturated rings. The highest BCUT2D eigenvalue weighted by Gasteiger charge is 2.18. The summed E-state index contributed by atoms with van der Waals surface area (Å²) in [5.41, 5.74) is 2.63. The molecule has 0 saturated carbocycles. The number of pyridine rings is 1. The normalized spacial score (nSPS) is 11.1. The minimum absolute atomic E-state index is 0.0989. The number of non-ortho nitro benzene ring substituents is 1. The fourth-order valence-corrected chi connectivity index (χ4v) is 3.23. The molecule has 0 unspecified atom stereocenters. The topological polar surface area (TPSA) is 104 Å². The average Bonchev–Trinajstić information content (AvgIpc) is 3.14. The van der Waals surface area contributed by atoms with Crippen molar-refractivity contribution in [3.05, 3.63) is 63.4 Å². The van der Waals surface area contributed by atoms with E-state index in [-0.39, 0.29) is 5.69 Å². The summed E-state index contributed by atoms with van der Waals surface area (Å²) in [7, 11) is 0. The molecule has 10 heteroatoms. The predicted molar refractivity (Wildman–Crippen MR) is 119 cm³/mol. The third kappa shape index (κ3) is 5.57. The highest BCUT2D eigenvalue weighted by molar-refractivity contribution is 6.32. The molecule has 0 aliphatic rings. The van der Waals surface area contributed by atoms with Crippen LogP contribution in [0, 0.1) is 17.0 Å². The number of ether oxygens (including phenoxy) is 2. The van der Waals surface area contributed by atoms with E-state index in [4.69, 9.17) is 21.1 Å². The Kier molecular flexibility index (Phi) is 7.56. The van der Waals surface area contributed by atoms with Crippen LogP contribution < -0.4 is 5.32 Å². The first-order chi connectivity index (χ1) is 14.9. The van der Waals surface area contributed by atoms with E-state index in [0.717, 1.165) is 5.56 Å². The highest BCUT2D eigenvalue weighted by Crippen LogP contribution is 2.33. The van der Waals surface area contributed by atoms with Crippen LogP contribution in [0.3, 0.4) is 0 Å². The zero-order valence-corrected chi connectivity index (χ0v) is 18.3. The summed E-state index contributed by atoms with van der Waals surface area (Å²) in [5.74, 6) is 0.614. The maximum atomic E-state index is 11.3. The SMILES string of the molecule is CCOC(Cn1nc(-c2cccnc2)cc1Nc1cc([N+](=O)[O-])cc(Cl)c1C)OCC. The Morgan fingerprint density at radius 3 is 2.61 bits per heavy atom. The molecule has 0 atom stereocenters. The number of nitro groups is 1. The molecule has 0 bridgehead atoms. The van der Waals surface area contributed by atoms with Crippen molar-refractivity contribution >= 4 is 28.8 Å². The smallest absolute Gasteiger partial charge is 0.273 e. The quantitative estimate of drug-likeness (QED) is 0.267. The third-order valence-electron chi connectivity index (χ3n) is 4.57. The third-order valence-corrected chi connectivity index (χ3v) is 4.96. The maximum Gasteiger partial charge on any atom is 0.273 e. The number of anilines is 2. The number of nitrogens with zero attached hydrogens (tertiary/aromatic N) is 4.